The molecule has 3 nitrogen and oxygen atoms in total. The van der Waals surface area contributed by atoms with E-state index in [2.05, 4.69) is 72.8 Å². The summed E-state index contributed by atoms with van der Waals surface area (Å²) in [6.45, 7) is 4.28. The van der Waals surface area contributed by atoms with Crippen LogP contribution in [0.25, 0.3) is 5.69 Å². The van der Waals surface area contributed by atoms with Gasteiger partial charge in [0.25, 0.3) is 0 Å². The lowest BCUT2D eigenvalue weighted by Gasteiger charge is -2.16. The van der Waals surface area contributed by atoms with E-state index in [-0.39, 0.29) is 6.04 Å². The molecule has 0 saturated heterocycles. The Morgan fingerprint density at radius 3 is 2.33 bits per heavy atom. The quantitative estimate of drug-likeness (QED) is 0.768. The Kier molecular flexibility index (Phi) is 3.73. The summed E-state index contributed by atoms with van der Waals surface area (Å²) in [4.78, 5) is 0. The second kappa shape index (κ2) is 5.83. The van der Waals surface area contributed by atoms with Crippen LogP contribution in [-0.2, 0) is 0 Å². The van der Waals surface area contributed by atoms with Gasteiger partial charge in [-0.3, -0.25) is 0 Å². The predicted molar refractivity (Wildman–Crippen MR) is 86.8 cm³/mol. The third-order valence-electron chi connectivity index (χ3n) is 3.60. The molecule has 106 valence electrons. The summed E-state index contributed by atoms with van der Waals surface area (Å²) in [5.41, 5.74) is 4.75. The SMILES string of the molecule is Cc1ccc(C(C)Nc2ccc(-n3cccn3)cc2)cc1. The number of benzene rings is 2. The number of rotatable bonds is 4. The van der Waals surface area contributed by atoms with Gasteiger partial charge in [0.1, 0.15) is 0 Å². The molecule has 0 aliphatic carbocycles. The lowest BCUT2D eigenvalue weighted by Crippen LogP contribution is -2.06. The first-order chi connectivity index (χ1) is 10.2. The first kappa shape index (κ1) is 13.4. The van der Waals surface area contributed by atoms with Crippen molar-refractivity contribution in [3.05, 3.63) is 78.1 Å². The van der Waals surface area contributed by atoms with Gasteiger partial charge in [-0.1, -0.05) is 29.8 Å². The lowest BCUT2D eigenvalue weighted by atomic mass is 10.1. The summed E-state index contributed by atoms with van der Waals surface area (Å²) in [6.07, 6.45) is 3.73. The van der Waals surface area contributed by atoms with Crippen molar-refractivity contribution in [2.75, 3.05) is 5.32 Å². The predicted octanol–water partition coefficient (Wildman–Crippen LogP) is 4.35. The van der Waals surface area contributed by atoms with Gasteiger partial charge in [-0.05, 0) is 49.7 Å². The molecule has 3 rings (SSSR count). The monoisotopic (exact) mass is 277 g/mol. The average Bonchev–Trinajstić information content (AvgIpc) is 3.03. The molecular formula is C18H19N3. The van der Waals surface area contributed by atoms with Crippen LogP contribution < -0.4 is 5.32 Å². The van der Waals surface area contributed by atoms with E-state index in [0.717, 1.165) is 11.4 Å². The van der Waals surface area contributed by atoms with Crippen LogP contribution in [-0.4, -0.2) is 9.78 Å². The molecule has 3 aromatic rings. The molecule has 1 aromatic heterocycles. The van der Waals surface area contributed by atoms with E-state index in [1.165, 1.54) is 11.1 Å². The fourth-order valence-corrected chi connectivity index (χ4v) is 2.32. The molecule has 0 spiro atoms. The molecule has 1 unspecified atom stereocenters. The first-order valence-corrected chi connectivity index (χ1v) is 7.15. The van der Waals surface area contributed by atoms with Crippen LogP contribution in [0.3, 0.4) is 0 Å². The summed E-state index contributed by atoms with van der Waals surface area (Å²) in [7, 11) is 0. The van der Waals surface area contributed by atoms with Crippen LogP contribution >= 0.6 is 0 Å². The van der Waals surface area contributed by atoms with E-state index in [1.807, 2.05) is 16.9 Å². The highest BCUT2D eigenvalue weighted by atomic mass is 15.3. The molecule has 0 saturated carbocycles. The first-order valence-electron chi connectivity index (χ1n) is 7.15. The topological polar surface area (TPSA) is 29.9 Å². The van der Waals surface area contributed by atoms with E-state index in [4.69, 9.17) is 0 Å². The van der Waals surface area contributed by atoms with Gasteiger partial charge in [-0.15, -0.1) is 0 Å². The summed E-state index contributed by atoms with van der Waals surface area (Å²) >= 11 is 0. The Balaban J connectivity index is 1.71. The van der Waals surface area contributed by atoms with Crippen LogP contribution in [0.4, 0.5) is 5.69 Å². The number of hydrogen-bond acceptors (Lipinski definition) is 2. The standard InChI is InChI=1S/C18H19N3/c1-14-4-6-16(7-5-14)15(2)20-17-8-10-18(11-9-17)21-13-3-12-19-21/h3-13,15,20H,1-2H3. The number of aryl methyl sites for hydroxylation is 1. The molecule has 0 aliphatic heterocycles. The fourth-order valence-electron chi connectivity index (χ4n) is 2.32. The number of nitrogens with one attached hydrogen (secondary N) is 1. The van der Waals surface area contributed by atoms with Gasteiger partial charge in [-0.2, -0.15) is 5.10 Å². The minimum atomic E-state index is 0.279. The third kappa shape index (κ3) is 3.14. The lowest BCUT2D eigenvalue weighted by molar-refractivity contribution is 0.873. The van der Waals surface area contributed by atoms with E-state index in [9.17, 15) is 0 Å². The Morgan fingerprint density at radius 2 is 1.71 bits per heavy atom. The van der Waals surface area contributed by atoms with Gasteiger partial charge >= 0.3 is 0 Å². The molecule has 0 amide bonds. The van der Waals surface area contributed by atoms with Gasteiger partial charge in [0.05, 0.1) is 5.69 Å². The van der Waals surface area contributed by atoms with Crippen LogP contribution in [0.5, 0.6) is 0 Å². The largest absolute Gasteiger partial charge is 0.379 e. The number of hydrogen-bond donors (Lipinski definition) is 1. The van der Waals surface area contributed by atoms with Crippen molar-refractivity contribution in [3.8, 4) is 5.69 Å². The summed E-state index contributed by atoms with van der Waals surface area (Å²) < 4.78 is 1.85. The van der Waals surface area contributed by atoms with Gasteiger partial charge in [0.15, 0.2) is 0 Å². The molecule has 0 aliphatic rings. The fraction of sp³-hybridized carbons (Fsp3) is 0.167. The molecule has 2 aromatic carbocycles. The van der Waals surface area contributed by atoms with Crippen LogP contribution in [0.2, 0.25) is 0 Å². The highest BCUT2D eigenvalue weighted by molar-refractivity contribution is 5.50. The van der Waals surface area contributed by atoms with Crippen molar-refractivity contribution < 1.29 is 0 Å². The third-order valence-corrected chi connectivity index (χ3v) is 3.60. The second-order valence-electron chi connectivity index (χ2n) is 5.27. The molecule has 1 N–H and O–H groups in total. The van der Waals surface area contributed by atoms with Crippen molar-refractivity contribution in [2.45, 2.75) is 19.9 Å². The van der Waals surface area contributed by atoms with E-state index in [0.29, 0.717) is 0 Å². The molecule has 21 heavy (non-hydrogen) atoms. The van der Waals surface area contributed by atoms with Crippen molar-refractivity contribution in [2.24, 2.45) is 0 Å². The molecule has 3 heteroatoms. The van der Waals surface area contributed by atoms with Crippen molar-refractivity contribution in [1.29, 1.82) is 0 Å². The van der Waals surface area contributed by atoms with Gasteiger partial charge in [0, 0.05) is 24.1 Å². The van der Waals surface area contributed by atoms with Crippen LogP contribution in [0.1, 0.15) is 24.1 Å². The van der Waals surface area contributed by atoms with Gasteiger partial charge in [0.2, 0.25) is 0 Å². The minimum Gasteiger partial charge on any atom is -0.379 e. The number of anilines is 1. The maximum Gasteiger partial charge on any atom is 0.0647 e. The van der Waals surface area contributed by atoms with Crippen molar-refractivity contribution in [1.82, 2.24) is 9.78 Å². The zero-order chi connectivity index (χ0) is 14.7. The highest BCUT2D eigenvalue weighted by Gasteiger charge is 2.05. The van der Waals surface area contributed by atoms with E-state index >= 15 is 0 Å². The van der Waals surface area contributed by atoms with E-state index < -0.39 is 0 Å². The Labute approximate surface area is 125 Å². The molecule has 0 radical (unpaired) electrons. The maximum atomic E-state index is 4.23. The van der Waals surface area contributed by atoms with Crippen LogP contribution in [0, 0.1) is 6.92 Å². The zero-order valence-electron chi connectivity index (χ0n) is 12.3. The molecular weight excluding hydrogens is 258 g/mol. The molecule has 1 heterocycles. The van der Waals surface area contributed by atoms with Gasteiger partial charge < -0.3 is 5.32 Å². The van der Waals surface area contributed by atoms with Crippen LogP contribution in [0.15, 0.2) is 67.0 Å². The summed E-state index contributed by atoms with van der Waals surface area (Å²) in [5.74, 6) is 0. The molecule has 1 atom stereocenters. The highest BCUT2D eigenvalue weighted by Crippen LogP contribution is 2.20. The number of aromatic nitrogens is 2. The zero-order valence-corrected chi connectivity index (χ0v) is 12.3. The Bertz CT molecular complexity index is 682. The van der Waals surface area contributed by atoms with E-state index in [1.54, 1.807) is 6.20 Å². The second-order valence-corrected chi connectivity index (χ2v) is 5.27. The maximum absolute atomic E-state index is 4.23. The van der Waals surface area contributed by atoms with Gasteiger partial charge in [-0.25, -0.2) is 4.68 Å². The number of nitrogens with zero attached hydrogens (tertiary/aromatic N) is 2. The molecule has 0 bridgehead atoms. The Morgan fingerprint density at radius 1 is 1.00 bits per heavy atom. The minimum absolute atomic E-state index is 0.279. The Hall–Kier alpha value is -2.55. The molecule has 0 fully saturated rings. The normalized spacial score (nSPS) is 12.1. The van der Waals surface area contributed by atoms with Crippen molar-refractivity contribution >= 4 is 5.69 Å². The average molecular weight is 277 g/mol. The summed E-state index contributed by atoms with van der Waals surface area (Å²) in [5, 5.41) is 7.75. The summed E-state index contributed by atoms with van der Waals surface area (Å²) in [6, 6.07) is 19.1. The van der Waals surface area contributed by atoms with Crippen molar-refractivity contribution in [3.63, 3.8) is 0 Å². The smallest absolute Gasteiger partial charge is 0.0647 e.